The molecule has 0 amide bonds. The smallest absolute Gasteiger partial charge is 0.148 e. The molecule has 1 aliphatic heterocycles. The highest BCUT2D eigenvalue weighted by Crippen LogP contribution is 2.33. The van der Waals surface area contributed by atoms with Crippen molar-refractivity contribution in [3.63, 3.8) is 0 Å². The first kappa shape index (κ1) is 17.1. The van der Waals surface area contributed by atoms with Crippen molar-refractivity contribution >= 4 is 26.4 Å². The highest BCUT2D eigenvalue weighted by atomic mass is 32.2. The average molecular weight is 352 g/mol. The third-order valence-corrected chi connectivity index (χ3v) is 5.62. The van der Waals surface area contributed by atoms with Crippen molar-refractivity contribution in [3.05, 3.63) is 36.3 Å². The standard InChI is InChI=1S/C17H21FN2O3S/c1-24(21,22)12-17(5-8-23-9-6-17)11-20-15-4-7-19-16-10-13(18)2-3-14(15)16/h2-4,7,10H,5-6,8-9,11-12H2,1H3,(H,19,20). The van der Waals surface area contributed by atoms with Gasteiger partial charge in [0.15, 0.2) is 0 Å². The van der Waals surface area contributed by atoms with Crippen LogP contribution in [0.4, 0.5) is 10.1 Å². The van der Waals surface area contributed by atoms with Crippen molar-refractivity contribution in [1.82, 2.24) is 4.98 Å². The van der Waals surface area contributed by atoms with E-state index in [1.165, 1.54) is 18.4 Å². The van der Waals surface area contributed by atoms with Gasteiger partial charge in [-0.2, -0.15) is 0 Å². The van der Waals surface area contributed by atoms with Gasteiger partial charge in [0.05, 0.1) is 11.3 Å². The van der Waals surface area contributed by atoms with E-state index in [1.54, 1.807) is 12.3 Å². The van der Waals surface area contributed by atoms with E-state index in [4.69, 9.17) is 4.74 Å². The van der Waals surface area contributed by atoms with Crippen molar-refractivity contribution in [2.45, 2.75) is 12.8 Å². The van der Waals surface area contributed by atoms with E-state index >= 15 is 0 Å². The van der Waals surface area contributed by atoms with Gasteiger partial charge in [-0.3, -0.25) is 4.98 Å². The molecule has 130 valence electrons. The van der Waals surface area contributed by atoms with Crippen LogP contribution in [0.3, 0.4) is 0 Å². The van der Waals surface area contributed by atoms with E-state index < -0.39 is 9.84 Å². The highest BCUT2D eigenvalue weighted by molar-refractivity contribution is 7.90. The summed E-state index contributed by atoms with van der Waals surface area (Å²) in [5.74, 6) is -0.196. The van der Waals surface area contributed by atoms with E-state index in [1.807, 2.05) is 6.07 Å². The number of anilines is 1. The predicted octanol–water partition coefficient (Wildman–Crippen LogP) is 2.63. The fourth-order valence-corrected chi connectivity index (χ4v) is 4.79. The van der Waals surface area contributed by atoms with Gasteiger partial charge in [-0.25, -0.2) is 12.8 Å². The minimum atomic E-state index is -3.09. The third kappa shape index (κ3) is 4.02. The molecule has 0 unspecified atom stereocenters. The maximum Gasteiger partial charge on any atom is 0.148 e. The Morgan fingerprint density at radius 2 is 2.04 bits per heavy atom. The summed E-state index contributed by atoms with van der Waals surface area (Å²) in [6, 6.07) is 6.30. The largest absolute Gasteiger partial charge is 0.384 e. The molecule has 1 aromatic heterocycles. The van der Waals surface area contributed by atoms with Crippen LogP contribution in [-0.2, 0) is 14.6 Å². The Hall–Kier alpha value is -1.73. The SMILES string of the molecule is CS(=O)(=O)CC1(CNc2ccnc3cc(F)ccc23)CCOCC1. The Kier molecular flexibility index (Phi) is 4.73. The van der Waals surface area contributed by atoms with Gasteiger partial charge in [0.2, 0.25) is 0 Å². The molecule has 1 fully saturated rings. The lowest BCUT2D eigenvalue weighted by molar-refractivity contribution is 0.0315. The van der Waals surface area contributed by atoms with E-state index in [2.05, 4.69) is 10.3 Å². The monoisotopic (exact) mass is 352 g/mol. The number of hydrogen-bond donors (Lipinski definition) is 1. The van der Waals surface area contributed by atoms with Gasteiger partial charge in [-0.15, -0.1) is 0 Å². The van der Waals surface area contributed by atoms with Gasteiger partial charge < -0.3 is 10.1 Å². The molecular formula is C17H21FN2O3S. The number of sulfone groups is 1. The summed E-state index contributed by atoms with van der Waals surface area (Å²) in [5, 5.41) is 4.18. The molecule has 7 heteroatoms. The van der Waals surface area contributed by atoms with Crippen molar-refractivity contribution in [2.24, 2.45) is 5.41 Å². The molecule has 2 aromatic rings. The van der Waals surface area contributed by atoms with Crippen LogP contribution in [-0.4, -0.2) is 45.2 Å². The summed E-state index contributed by atoms with van der Waals surface area (Å²) in [7, 11) is -3.09. The number of aromatic nitrogens is 1. The molecule has 0 spiro atoms. The Morgan fingerprint density at radius 1 is 1.29 bits per heavy atom. The second-order valence-electron chi connectivity index (χ2n) is 6.56. The van der Waals surface area contributed by atoms with Crippen LogP contribution in [0.25, 0.3) is 10.9 Å². The minimum absolute atomic E-state index is 0.133. The van der Waals surface area contributed by atoms with Crippen molar-refractivity contribution in [3.8, 4) is 0 Å². The Morgan fingerprint density at radius 3 is 2.75 bits per heavy atom. The summed E-state index contributed by atoms with van der Waals surface area (Å²) < 4.78 is 42.4. The maximum absolute atomic E-state index is 13.4. The Balaban J connectivity index is 1.84. The molecule has 3 rings (SSSR count). The summed E-state index contributed by atoms with van der Waals surface area (Å²) >= 11 is 0. The van der Waals surface area contributed by atoms with Gasteiger partial charge in [0.25, 0.3) is 0 Å². The molecule has 1 aliphatic rings. The van der Waals surface area contributed by atoms with Crippen LogP contribution < -0.4 is 5.32 Å². The van der Waals surface area contributed by atoms with Crippen LogP contribution in [0.2, 0.25) is 0 Å². The molecule has 24 heavy (non-hydrogen) atoms. The summed E-state index contributed by atoms with van der Waals surface area (Å²) in [5.41, 5.74) is 1.06. The number of pyridine rings is 1. The second kappa shape index (κ2) is 6.64. The zero-order valence-electron chi connectivity index (χ0n) is 13.6. The molecule has 1 N–H and O–H groups in total. The van der Waals surface area contributed by atoms with Crippen molar-refractivity contribution in [2.75, 3.05) is 37.1 Å². The van der Waals surface area contributed by atoms with Gasteiger partial charge in [0, 0.05) is 54.8 Å². The number of ether oxygens (including phenoxy) is 1. The van der Waals surface area contributed by atoms with Crippen molar-refractivity contribution in [1.29, 1.82) is 0 Å². The zero-order chi connectivity index (χ0) is 17.2. The first-order chi connectivity index (χ1) is 11.4. The number of rotatable bonds is 5. The molecular weight excluding hydrogens is 331 g/mol. The highest BCUT2D eigenvalue weighted by Gasteiger charge is 2.35. The number of hydrogen-bond acceptors (Lipinski definition) is 5. The molecule has 0 aliphatic carbocycles. The summed E-state index contributed by atoms with van der Waals surface area (Å²) in [4.78, 5) is 4.18. The van der Waals surface area contributed by atoms with Crippen LogP contribution in [0.5, 0.6) is 0 Å². The quantitative estimate of drug-likeness (QED) is 0.896. The molecule has 0 saturated carbocycles. The zero-order valence-corrected chi connectivity index (χ0v) is 14.4. The number of fused-ring (bicyclic) bond motifs is 1. The molecule has 1 saturated heterocycles. The summed E-state index contributed by atoms with van der Waals surface area (Å²) in [6.45, 7) is 1.67. The fraction of sp³-hybridized carbons (Fsp3) is 0.471. The van der Waals surface area contributed by atoms with Crippen molar-refractivity contribution < 1.29 is 17.5 Å². The minimum Gasteiger partial charge on any atom is -0.384 e. The second-order valence-corrected chi connectivity index (χ2v) is 8.70. The van der Waals surface area contributed by atoms with Gasteiger partial charge in [-0.05, 0) is 31.0 Å². The molecule has 0 bridgehead atoms. The molecule has 1 aromatic carbocycles. The van der Waals surface area contributed by atoms with E-state index in [-0.39, 0.29) is 17.0 Å². The first-order valence-corrected chi connectivity index (χ1v) is 9.97. The number of nitrogens with one attached hydrogen (secondary N) is 1. The molecule has 2 heterocycles. The molecule has 0 atom stereocenters. The lowest BCUT2D eigenvalue weighted by atomic mass is 9.82. The van der Waals surface area contributed by atoms with Crippen LogP contribution in [0, 0.1) is 11.2 Å². The van der Waals surface area contributed by atoms with Gasteiger partial charge in [-0.1, -0.05) is 0 Å². The lowest BCUT2D eigenvalue weighted by Gasteiger charge is -2.37. The number of nitrogens with zero attached hydrogens (tertiary/aromatic N) is 1. The Labute approximate surface area is 141 Å². The predicted molar refractivity (Wildman–Crippen MR) is 92.4 cm³/mol. The molecule has 5 nitrogen and oxygen atoms in total. The van der Waals surface area contributed by atoms with Crippen LogP contribution >= 0.6 is 0 Å². The topological polar surface area (TPSA) is 68.3 Å². The van der Waals surface area contributed by atoms with E-state index in [9.17, 15) is 12.8 Å². The average Bonchev–Trinajstić information content (AvgIpc) is 2.52. The normalized spacial score (nSPS) is 17.8. The third-order valence-electron chi connectivity index (χ3n) is 4.48. The summed E-state index contributed by atoms with van der Waals surface area (Å²) in [6.07, 6.45) is 4.29. The van der Waals surface area contributed by atoms with E-state index in [0.29, 0.717) is 38.1 Å². The van der Waals surface area contributed by atoms with Crippen LogP contribution in [0.1, 0.15) is 12.8 Å². The van der Waals surface area contributed by atoms with Gasteiger partial charge in [0.1, 0.15) is 15.7 Å². The van der Waals surface area contributed by atoms with E-state index in [0.717, 1.165) is 11.1 Å². The fourth-order valence-electron chi connectivity index (χ4n) is 3.29. The maximum atomic E-state index is 13.4. The molecule has 0 radical (unpaired) electrons. The van der Waals surface area contributed by atoms with Crippen LogP contribution in [0.15, 0.2) is 30.5 Å². The first-order valence-electron chi connectivity index (χ1n) is 7.91. The number of benzene rings is 1. The number of halogens is 1. The Bertz CT molecular complexity index is 833. The van der Waals surface area contributed by atoms with Gasteiger partial charge >= 0.3 is 0 Å². The lowest BCUT2D eigenvalue weighted by Crippen LogP contribution is -2.41.